The van der Waals surface area contributed by atoms with E-state index in [1.807, 2.05) is 11.0 Å². The van der Waals surface area contributed by atoms with Crippen LogP contribution >= 0.6 is 0 Å². The summed E-state index contributed by atoms with van der Waals surface area (Å²) in [6.45, 7) is 5.67. The Morgan fingerprint density at radius 3 is 2.55 bits per heavy atom. The first-order valence-electron chi connectivity index (χ1n) is 10.7. The molecule has 0 saturated carbocycles. The Kier molecular flexibility index (Phi) is 4.79. The SMILES string of the molecule is COc1ccc(C)cc1C1(CNC(=O)N2CC3C4C=CC(O4)C3C2)CCOCC1. The Balaban J connectivity index is 1.31. The van der Waals surface area contributed by atoms with Gasteiger partial charge in [-0.25, -0.2) is 4.79 Å². The molecule has 156 valence electrons. The molecule has 4 heterocycles. The van der Waals surface area contributed by atoms with Crippen molar-refractivity contribution in [1.29, 1.82) is 0 Å². The smallest absolute Gasteiger partial charge is 0.317 e. The van der Waals surface area contributed by atoms with Gasteiger partial charge < -0.3 is 24.4 Å². The highest BCUT2D eigenvalue weighted by molar-refractivity contribution is 5.75. The summed E-state index contributed by atoms with van der Waals surface area (Å²) >= 11 is 0. The minimum Gasteiger partial charge on any atom is -0.496 e. The van der Waals surface area contributed by atoms with Crippen LogP contribution in [0.4, 0.5) is 4.79 Å². The van der Waals surface area contributed by atoms with E-state index >= 15 is 0 Å². The Hall–Kier alpha value is -2.05. The number of nitrogens with zero attached hydrogens (tertiary/aromatic N) is 1. The van der Waals surface area contributed by atoms with Crippen molar-refractivity contribution in [2.45, 2.75) is 37.4 Å². The van der Waals surface area contributed by atoms with Crippen molar-refractivity contribution in [3.63, 3.8) is 0 Å². The second-order valence-corrected chi connectivity index (χ2v) is 8.94. The number of carbonyl (C=O) groups excluding carboxylic acids is 1. The summed E-state index contributed by atoms with van der Waals surface area (Å²) in [6, 6.07) is 6.35. The monoisotopic (exact) mass is 398 g/mol. The van der Waals surface area contributed by atoms with Crippen LogP contribution in [-0.2, 0) is 14.9 Å². The van der Waals surface area contributed by atoms with Crippen molar-refractivity contribution in [1.82, 2.24) is 10.2 Å². The molecule has 0 aromatic heterocycles. The Morgan fingerprint density at radius 2 is 1.90 bits per heavy atom. The first kappa shape index (κ1) is 18.9. The summed E-state index contributed by atoms with van der Waals surface area (Å²) < 4.78 is 17.3. The number of hydrogen-bond donors (Lipinski definition) is 1. The number of methoxy groups -OCH3 is 1. The average Bonchev–Trinajstić information content (AvgIpc) is 3.46. The molecular formula is C23H30N2O4. The molecule has 2 amide bonds. The van der Waals surface area contributed by atoms with Gasteiger partial charge in [0, 0.05) is 55.7 Å². The first-order valence-corrected chi connectivity index (χ1v) is 10.7. The van der Waals surface area contributed by atoms with E-state index in [4.69, 9.17) is 14.2 Å². The Labute approximate surface area is 172 Å². The molecule has 6 nitrogen and oxygen atoms in total. The number of urea groups is 1. The van der Waals surface area contributed by atoms with Gasteiger partial charge in [-0.2, -0.15) is 0 Å². The zero-order valence-electron chi connectivity index (χ0n) is 17.2. The number of ether oxygens (including phenoxy) is 3. The maximum absolute atomic E-state index is 13.0. The van der Waals surface area contributed by atoms with Gasteiger partial charge in [-0.05, 0) is 25.8 Å². The summed E-state index contributed by atoms with van der Waals surface area (Å²) in [5, 5.41) is 3.26. The minimum absolute atomic E-state index is 0.0382. The Bertz CT molecular complexity index is 797. The van der Waals surface area contributed by atoms with Crippen LogP contribution in [-0.4, -0.2) is 63.1 Å². The predicted molar refractivity (Wildman–Crippen MR) is 109 cm³/mol. The lowest BCUT2D eigenvalue weighted by Gasteiger charge is -2.39. The van der Waals surface area contributed by atoms with Gasteiger partial charge in [-0.3, -0.25) is 0 Å². The molecule has 0 spiro atoms. The van der Waals surface area contributed by atoms with E-state index in [9.17, 15) is 4.79 Å². The average molecular weight is 399 g/mol. The van der Waals surface area contributed by atoms with Gasteiger partial charge >= 0.3 is 6.03 Å². The van der Waals surface area contributed by atoms with Gasteiger partial charge in [0.05, 0.1) is 19.3 Å². The zero-order chi connectivity index (χ0) is 20.0. The van der Waals surface area contributed by atoms with Crippen LogP contribution < -0.4 is 10.1 Å². The lowest BCUT2D eigenvalue weighted by Crippen LogP contribution is -2.48. The third kappa shape index (κ3) is 3.22. The van der Waals surface area contributed by atoms with E-state index in [1.54, 1.807) is 7.11 Å². The van der Waals surface area contributed by atoms with Crippen LogP contribution in [0.2, 0.25) is 0 Å². The number of likely N-dealkylation sites (tertiary alicyclic amines) is 1. The largest absolute Gasteiger partial charge is 0.496 e. The maximum Gasteiger partial charge on any atom is 0.317 e. The maximum atomic E-state index is 13.0. The number of nitrogens with one attached hydrogen (secondary N) is 1. The topological polar surface area (TPSA) is 60.0 Å². The highest BCUT2D eigenvalue weighted by Gasteiger charge is 2.51. The molecule has 3 saturated heterocycles. The summed E-state index contributed by atoms with van der Waals surface area (Å²) in [5.74, 6) is 1.79. The van der Waals surface area contributed by atoms with E-state index in [0.29, 0.717) is 31.6 Å². The molecule has 1 aromatic rings. The van der Waals surface area contributed by atoms with E-state index < -0.39 is 0 Å². The van der Waals surface area contributed by atoms with Crippen molar-refractivity contribution in [2.75, 3.05) is 40.0 Å². The second-order valence-electron chi connectivity index (χ2n) is 8.94. The Morgan fingerprint density at radius 1 is 1.21 bits per heavy atom. The molecule has 4 atom stereocenters. The lowest BCUT2D eigenvalue weighted by molar-refractivity contribution is 0.0490. The van der Waals surface area contributed by atoms with Gasteiger partial charge in [0.2, 0.25) is 0 Å². The molecule has 1 aromatic carbocycles. The quantitative estimate of drug-likeness (QED) is 0.793. The molecule has 1 N–H and O–H groups in total. The fraction of sp³-hybridized carbons (Fsp3) is 0.609. The molecule has 3 fully saturated rings. The summed E-state index contributed by atoms with van der Waals surface area (Å²) in [4.78, 5) is 15.0. The minimum atomic E-state index is -0.162. The standard InChI is InChI=1S/C23H30N2O4/c1-15-3-4-21(27-2)18(11-15)23(7-9-28-10-8-23)14-24-22(26)25-12-16-17(13-25)20-6-5-19(16)29-20/h3-6,11,16-17,19-20H,7-10,12-14H2,1-2H3,(H,24,26). The van der Waals surface area contributed by atoms with Gasteiger partial charge in [0.25, 0.3) is 0 Å². The van der Waals surface area contributed by atoms with Crippen LogP contribution in [0.1, 0.15) is 24.0 Å². The molecule has 0 radical (unpaired) electrons. The number of carbonyl (C=O) groups is 1. The van der Waals surface area contributed by atoms with Crippen molar-refractivity contribution in [3.05, 3.63) is 41.5 Å². The number of fused-ring (bicyclic) bond motifs is 5. The predicted octanol–water partition coefficient (Wildman–Crippen LogP) is 2.65. The number of amides is 2. The highest BCUT2D eigenvalue weighted by Crippen LogP contribution is 2.44. The van der Waals surface area contributed by atoms with Gasteiger partial charge in [0.15, 0.2) is 0 Å². The molecule has 0 aliphatic carbocycles. The van der Waals surface area contributed by atoms with Crippen LogP contribution in [0.25, 0.3) is 0 Å². The van der Waals surface area contributed by atoms with Crippen molar-refractivity contribution in [2.24, 2.45) is 11.8 Å². The van der Waals surface area contributed by atoms with E-state index in [-0.39, 0.29) is 23.7 Å². The van der Waals surface area contributed by atoms with E-state index in [1.165, 1.54) is 11.1 Å². The molecule has 29 heavy (non-hydrogen) atoms. The summed E-state index contributed by atoms with van der Waals surface area (Å²) in [6.07, 6.45) is 6.46. The third-order valence-electron chi connectivity index (χ3n) is 7.30. The normalized spacial score (nSPS) is 31.7. The molecule has 4 aliphatic rings. The molecule has 4 unspecified atom stereocenters. The van der Waals surface area contributed by atoms with Crippen molar-refractivity contribution >= 4 is 6.03 Å². The van der Waals surface area contributed by atoms with Crippen molar-refractivity contribution in [3.8, 4) is 5.75 Å². The number of aryl methyl sites for hydroxylation is 1. The van der Waals surface area contributed by atoms with Crippen molar-refractivity contribution < 1.29 is 19.0 Å². The van der Waals surface area contributed by atoms with Crippen LogP contribution in [0.3, 0.4) is 0 Å². The number of rotatable bonds is 4. The van der Waals surface area contributed by atoms with Crippen LogP contribution in [0.15, 0.2) is 30.4 Å². The molecule has 2 bridgehead atoms. The first-order chi connectivity index (χ1) is 14.1. The van der Waals surface area contributed by atoms with Gasteiger partial charge in [-0.15, -0.1) is 0 Å². The van der Waals surface area contributed by atoms with Gasteiger partial charge in [-0.1, -0.05) is 29.8 Å². The highest BCUT2D eigenvalue weighted by atomic mass is 16.5. The molecular weight excluding hydrogens is 368 g/mol. The zero-order valence-corrected chi connectivity index (χ0v) is 17.2. The third-order valence-corrected chi connectivity index (χ3v) is 7.30. The molecule has 4 aliphatic heterocycles. The second kappa shape index (κ2) is 7.33. The fourth-order valence-corrected chi connectivity index (χ4v) is 5.59. The molecule has 5 rings (SSSR count). The number of hydrogen-bond acceptors (Lipinski definition) is 4. The van der Waals surface area contributed by atoms with E-state index in [0.717, 1.165) is 31.7 Å². The van der Waals surface area contributed by atoms with Crippen LogP contribution in [0, 0.1) is 18.8 Å². The fourth-order valence-electron chi connectivity index (χ4n) is 5.59. The summed E-state index contributed by atoms with van der Waals surface area (Å²) in [5.41, 5.74) is 2.22. The lowest BCUT2D eigenvalue weighted by atomic mass is 9.73. The van der Waals surface area contributed by atoms with Crippen LogP contribution in [0.5, 0.6) is 5.75 Å². The summed E-state index contributed by atoms with van der Waals surface area (Å²) in [7, 11) is 1.72. The van der Waals surface area contributed by atoms with Gasteiger partial charge in [0.1, 0.15) is 5.75 Å². The van der Waals surface area contributed by atoms with E-state index in [2.05, 4.69) is 36.5 Å². The number of benzene rings is 1. The molecule has 6 heteroatoms.